The molecule has 72 valence electrons. The first kappa shape index (κ1) is 8.94. The zero-order valence-corrected chi connectivity index (χ0v) is 8.38. The van der Waals surface area contributed by atoms with Gasteiger partial charge in [-0.15, -0.1) is 5.10 Å². The first-order valence-corrected chi connectivity index (χ1v) is 4.75. The van der Waals surface area contributed by atoms with Gasteiger partial charge in [0.15, 0.2) is 0 Å². The average molecular weight is 187 g/mol. The van der Waals surface area contributed by atoms with E-state index in [1.807, 2.05) is 36.5 Å². The molecule has 0 atom stereocenters. The van der Waals surface area contributed by atoms with Gasteiger partial charge in [0, 0.05) is 0 Å². The lowest BCUT2D eigenvalue weighted by atomic mass is 10.2. The van der Waals surface area contributed by atoms with Crippen molar-refractivity contribution in [2.45, 2.75) is 19.8 Å². The molecule has 2 rings (SSSR count). The fraction of sp³-hybridized carbons (Fsp3) is 0.273. The number of benzene rings is 1. The Bertz CT molecular complexity index is 403. The molecule has 0 aliphatic rings. The molecule has 3 nitrogen and oxygen atoms in total. The topological polar surface area (TPSA) is 30.7 Å². The van der Waals surface area contributed by atoms with Crippen molar-refractivity contribution in [1.29, 1.82) is 0 Å². The second kappa shape index (κ2) is 3.62. The summed E-state index contributed by atoms with van der Waals surface area (Å²) in [5.41, 5.74) is 2.07. The van der Waals surface area contributed by atoms with Crippen LogP contribution in [0.2, 0.25) is 0 Å². The molecule has 0 unspecified atom stereocenters. The molecular formula is C11H13N3. The second-order valence-corrected chi connectivity index (χ2v) is 3.58. The molecule has 0 fully saturated rings. The molecule has 0 saturated carbocycles. The van der Waals surface area contributed by atoms with E-state index in [4.69, 9.17) is 0 Å². The fourth-order valence-electron chi connectivity index (χ4n) is 1.25. The number of para-hydroxylation sites is 1. The van der Waals surface area contributed by atoms with E-state index < -0.39 is 0 Å². The predicted molar refractivity (Wildman–Crippen MR) is 55.4 cm³/mol. The van der Waals surface area contributed by atoms with E-state index in [-0.39, 0.29) is 0 Å². The smallest absolute Gasteiger partial charge is 0.0857 e. The van der Waals surface area contributed by atoms with Crippen molar-refractivity contribution in [3.8, 4) is 5.69 Å². The molecule has 0 aliphatic heterocycles. The van der Waals surface area contributed by atoms with Gasteiger partial charge in [-0.2, -0.15) is 0 Å². The number of hydrogen-bond donors (Lipinski definition) is 0. The maximum atomic E-state index is 4.11. The molecule has 1 aromatic carbocycles. The Kier molecular flexibility index (Phi) is 2.31. The molecule has 0 aliphatic carbocycles. The van der Waals surface area contributed by atoms with Crippen LogP contribution in [-0.4, -0.2) is 15.0 Å². The standard InChI is InChI=1S/C11H13N3/c1-9(2)11-8-14(13-12-11)10-6-4-3-5-7-10/h3-9H,1-2H3. The molecule has 0 N–H and O–H groups in total. The Morgan fingerprint density at radius 3 is 2.43 bits per heavy atom. The first-order chi connectivity index (χ1) is 6.77. The van der Waals surface area contributed by atoms with Crippen LogP contribution in [0, 0.1) is 0 Å². The number of aromatic nitrogens is 3. The lowest BCUT2D eigenvalue weighted by Gasteiger charge is -1.98. The minimum absolute atomic E-state index is 0.424. The van der Waals surface area contributed by atoms with Gasteiger partial charge in [0.1, 0.15) is 0 Å². The van der Waals surface area contributed by atoms with Crippen molar-refractivity contribution in [3.63, 3.8) is 0 Å². The predicted octanol–water partition coefficient (Wildman–Crippen LogP) is 2.39. The number of hydrogen-bond acceptors (Lipinski definition) is 2. The van der Waals surface area contributed by atoms with Crippen LogP contribution in [0.25, 0.3) is 5.69 Å². The highest BCUT2D eigenvalue weighted by Gasteiger charge is 2.05. The second-order valence-electron chi connectivity index (χ2n) is 3.58. The van der Waals surface area contributed by atoms with Crippen molar-refractivity contribution < 1.29 is 0 Å². The van der Waals surface area contributed by atoms with Crippen molar-refractivity contribution in [3.05, 3.63) is 42.2 Å². The van der Waals surface area contributed by atoms with Gasteiger partial charge in [-0.1, -0.05) is 37.3 Å². The normalized spacial score (nSPS) is 10.8. The summed E-state index contributed by atoms with van der Waals surface area (Å²) in [5, 5.41) is 8.18. The largest absolute Gasteiger partial charge is 0.220 e. The fourth-order valence-corrected chi connectivity index (χ4v) is 1.25. The summed E-state index contributed by atoms with van der Waals surface area (Å²) in [6.45, 7) is 4.22. The highest BCUT2D eigenvalue weighted by molar-refractivity contribution is 5.30. The number of nitrogens with zero attached hydrogens (tertiary/aromatic N) is 3. The first-order valence-electron chi connectivity index (χ1n) is 4.75. The van der Waals surface area contributed by atoms with E-state index in [9.17, 15) is 0 Å². The van der Waals surface area contributed by atoms with Crippen LogP contribution in [0.15, 0.2) is 36.5 Å². The van der Waals surface area contributed by atoms with E-state index in [0.29, 0.717) is 5.92 Å². The van der Waals surface area contributed by atoms with Crippen LogP contribution in [0.1, 0.15) is 25.5 Å². The lowest BCUT2D eigenvalue weighted by Crippen LogP contribution is -1.93. The van der Waals surface area contributed by atoms with Crippen molar-refractivity contribution >= 4 is 0 Å². The molecule has 1 aromatic heterocycles. The molecule has 0 radical (unpaired) electrons. The van der Waals surface area contributed by atoms with Crippen LogP contribution in [0.5, 0.6) is 0 Å². The Balaban J connectivity index is 2.34. The van der Waals surface area contributed by atoms with E-state index >= 15 is 0 Å². The van der Waals surface area contributed by atoms with Crippen LogP contribution in [0.3, 0.4) is 0 Å². The zero-order chi connectivity index (χ0) is 9.97. The Hall–Kier alpha value is -1.64. The minimum atomic E-state index is 0.424. The van der Waals surface area contributed by atoms with Gasteiger partial charge in [0.2, 0.25) is 0 Å². The summed E-state index contributed by atoms with van der Waals surface area (Å²) >= 11 is 0. The third kappa shape index (κ3) is 1.66. The Morgan fingerprint density at radius 2 is 1.86 bits per heavy atom. The molecule has 0 saturated heterocycles. The van der Waals surface area contributed by atoms with Gasteiger partial charge in [-0.25, -0.2) is 4.68 Å². The van der Waals surface area contributed by atoms with Crippen LogP contribution in [-0.2, 0) is 0 Å². The highest BCUT2D eigenvalue weighted by Crippen LogP contribution is 2.12. The van der Waals surface area contributed by atoms with E-state index in [0.717, 1.165) is 11.4 Å². The molecule has 0 bridgehead atoms. The van der Waals surface area contributed by atoms with E-state index in [1.54, 1.807) is 4.68 Å². The molecule has 14 heavy (non-hydrogen) atoms. The molecule has 0 spiro atoms. The van der Waals surface area contributed by atoms with Crippen LogP contribution < -0.4 is 0 Å². The molecular weight excluding hydrogens is 174 g/mol. The molecule has 0 amide bonds. The highest BCUT2D eigenvalue weighted by atomic mass is 15.4. The van der Waals surface area contributed by atoms with E-state index in [2.05, 4.69) is 24.2 Å². The number of rotatable bonds is 2. The monoisotopic (exact) mass is 187 g/mol. The summed E-state index contributed by atoms with van der Waals surface area (Å²) in [6, 6.07) is 10.00. The van der Waals surface area contributed by atoms with Crippen molar-refractivity contribution in [1.82, 2.24) is 15.0 Å². The summed E-state index contributed by atoms with van der Waals surface area (Å²) < 4.78 is 1.80. The summed E-state index contributed by atoms with van der Waals surface area (Å²) in [5.74, 6) is 0.424. The SMILES string of the molecule is CC(C)c1cn(-c2ccccc2)nn1. The average Bonchev–Trinajstić information content (AvgIpc) is 2.68. The van der Waals surface area contributed by atoms with Crippen molar-refractivity contribution in [2.24, 2.45) is 0 Å². The van der Waals surface area contributed by atoms with Gasteiger partial charge in [0.25, 0.3) is 0 Å². The van der Waals surface area contributed by atoms with Gasteiger partial charge in [0.05, 0.1) is 17.6 Å². The third-order valence-corrected chi connectivity index (χ3v) is 2.12. The van der Waals surface area contributed by atoms with Gasteiger partial charge >= 0.3 is 0 Å². The maximum absolute atomic E-state index is 4.11. The van der Waals surface area contributed by atoms with Crippen LogP contribution >= 0.6 is 0 Å². The molecule has 2 aromatic rings. The Morgan fingerprint density at radius 1 is 1.14 bits per heavy atom. The Labute approximate surface area is 83.4 Å². The summed E-state index contributed by atoms with van der Waals surface area (Å²) in [6.07, 6.45) is 1.97. The van der Waals surface area contributed by atoms with Gasteiger partial charge in [-0.05, 0) is 18.1 Å². The maximum Gasteiger partial charge on any atom is 0.0857 e. The lowest BCUT2D eigenvalue weighted by molar-refractivity contribution is 0.776. The van der Waals surface area contributed by atoms with E-state index in [1.165, 1.54) is 0 Å². The molecule has 3 heteroatoms. The third-order valence-electron chi connectivity index (χ3n) is 2.12. The van der Waals surface area contributed by atoms with Crippen LogP contribution in [0.4, 0.5) is 0 Å². The molecule has 1 heterocycles. The van der Waals surface area contributed by atoms with Gasteiger partial charge in [-0.3, -0.25) is 0 Å². The minimum Gasteiger partial charge on any atom is -0.220 e. The summed E-state index contributed by atoms with van der Waals surface area (Å²) in [7, 11) is 0. The quantitative estimate of drug-likeness (QED) is 0.722. The van der Waals surface area contributed by atoms with Crippen molar-refractivity contribution in [2.75, 3.05) is 0 Å². The summed E-state index contributed by atoms with van der Waals surface area (Å²) in [4.78, 5) is 0. The zero-order valence-electron chi connectivity index (χ0n) is 8.38. The van der Waals surface area contributed by atoms with Gasteiger partial charge < -0.3 is 0 Å².